The summed E-state index contributed by atoms with van der Waals surface area (Å²) in [6.07, 6.45) is 5.82. The molecule has 156 valence electrons. The number of aliphatic imine (C=N–C) groups is 1. The Balaban J connectivity index is 1.80. The minimum absolute atomic E-state index is 0.0202. The molecule has 1 aromatic carbocycles. The molecule has 1 amide bonds. The average molecular weight is 389 g/mol. The Morgan fingerprint density at radius 3 is 2.50 bits per heavy atom. The molecule has 1 unspecified atom stereocenters. The smallest absolute Gasteiger partial charge is 0.251 e. The third-order valence-electron chi connectivity index (χ3n) is 5.77. The standard InChI is InChI=1S/C22H36N4O2/c1-5-17(2)26-20(27)19-9-7-18(8-10-19)15-24-21(23-3)25-16-22(11-6-12-22)13-14-28-4/h7-10,17H,5-6,11-16H2,1-4H3,(H,26,27)(H2,23,24,25). The van der Waals surface area contributed by atoms with Crippen LogP contribution >= 0.6 is 0 Å². The maximum atomic E-state index is 12.2. The van der Waals surface area contributed by atoms with E-state index in [4.69, 9.17) is 4.74 Å². The van der Waals surface area contributed by atoms with Crippen molar-refractivity contribution >= 4 is 11.9 Å². The number of nitrogens with zero attached hydrogens (tertiary/aromatic N) is 1. The Morgan fingerprint density at radius 1 is 1.25 bits per heavy atom. The summed E-state index contributed by atoms with van der Waals surface area (Å²) >= 11 is 0. The fraction of sp³-hybridized carbons (Fsp3) is 0.636. The number of hydrogen-bond donors (Lipinski definition) is 3. The number of nitrogens with one attached hydrogen (secondary N) is 3. The van der Waals surface area contributed by atoms with Crippen LogP contribution in [-0.2, 0) is 11.3 Å². The predicted octanol–water partition coefficient (Wildman–Crippen LogP) is 3.09. The van der Waals surface area contributed by atoms with E-state index in [1.165, 1.54) is 19.3 Å². The molecule has 1 saturated carbocycles. The normalized spacial score (nSPS) is 16.8. The van der Waals surface area contributed by atoms with Crippen molar-refractivity contribution in [3.05, 3.63) is 35.4 Å². The molecule has 0 bridgehead atoms. The Labute approximate surface area is 169 Å². The lowest BCUT2D eigenvalue weighted by molar-refractivity contribution is 0.0732. The maximum Gasteiger partial charge on any atom is 0.251 e. The zero-order chi connectivity index (χ0) is 20.4. The minimum atomic E-state index is -0.0202. The highest BCUT2D eigenvalue weighted by molar-refractivity contribution is 5.94. The highest BCUT2D eigenvalue weighted by atomic mass is 16.5. The molecule has 1 atom stereocenters. The van der Waals surface area contributed by atoms with Crippen LogP contribution in [-0.4, -0.2) is 45.2 Å². The first kappa shape index (κ1) is 22.2. The first-order valence-corrected chi connectivity index (χ1v) is 10.3. The Hall–Kier alpha value is -2.08. The van der Waals surface area contributed by atoms with E-state index in [0.29, 0.717) is 17.5 Å². The molecule has 2 rings (SSSR count). The zero-order valence-electron chi connectivity index (χ0n) is 17.8. The van der Waals surface area contributed by atoms with E-state index in [-0.39, 0.29) is 11.9 Å². The number of rotatable bonds is 10. The van der Waals surface area contributed by atoms with E-state index in [0.717, 1.165) is 37.5 Å². The Bertz CT molecular complexity index is 638. The van der Waals surface area contributed by atoms with Crippen LogP contribution in [0.2, 0.25) is 0 Å². The second-order valence-electron chi connectivity index (χ2n) is 7.86. The lowest BCUT2D eigenvalue weighted by Gasteiger charge is -2.42. The van der Waals surface area contributed by atoms with Crippen LogP contribution in [0, 0.1) is 5.41 Å². The summed E-state index contributed by atoms with van der Waals surface area (Å²) < 4.78 is 5.26. The number of guanidine groups is 1. The number of carbonyl (C=O) groups excluding carboxylic acids is 1. The van der Waals surface area contributed by atoms with Crippen molar-refractivity contribution < 1.29 is 9.53 Å². The van der Waals surface area contributed by atoms with E-state index in [1.807, 2.05) is 31.2 Å². The van der Waals surface area contributed by atoms with Crippen molar-refractivity contribution in [3.63, 3.8) is 0 Å². The molecule has 0 aromatic heterocycles. The second-order valence-corrected chi connectivity index (χ2v) is 7.86. The average Bonchev–Trinajstić information content (AvgIpc) is 2.69. The summed E-state index contributed by atoms with van der Waals surface area (Å²) in [5.74, 6) is 0.787. The summed E-state index contributed by atoms with van der Waals surface area (Å²) in [6.45, 7) is 6.47. The summed E-state index contributed by atoms with van der Waals surface area (Å²) in [7, 11) is 3.56. The number of ether oxygens (including phenoxy) is 1. The van der Waals surface area contributed by atoms with Crippen LogP contribution in [0.5, 0.6) is 0 Å². The monoisotopic (exact) mass is 388 g/mol. The van der Waals surface area contributed by atoms with Gasteiger partial charge in [0.1, 0.15) is 0 Å². The number of methoxy groups -OCH3 is 1. The topological polar surface area (TPSA) is 74.8 Å². The van der Waals surface area contributed by atoms with Crippen molar-refractivity contribution in [2.45, 2.75) is 58.5 Å². The molecule has 0 heterocycles. The zero-order valence-corrected chi connectivity index (χ0v) is 17.8. The highest BCUT2D eigenvalue weighted by Crippen LogP contribution is 2.43. The van der Waals surface area contributed by atoms with Gasteiger partial charge in [-0.2, -0.15) is 0 Å². The van der Waals surface area contributed by atoms with Gasteiger partial charge in [0.25, 0.3) is 5.91 Å². The molecule has 1 fully saturated rings. The quantitative estimate of drug-likeness (QED) is 0.425. The molecule has 3 N–H and O–H groups in total. The molecule has 1 aliphatic rings. The molecule has 0 saturated heterocycles. The third kappa shape index (κ3) is 6.51. The van der Waals surface area contributed by atoms with Crippen molar-refractivity contribution in [1.29, 1.82) is 0 Å². The van der Waals surface area contributed by atoms with Gasteiger partial charge in [0.05, 0.1) is 0 Å². The van der Waals surface area contributed by atoms with Gasteiger partial charge in [-0.1, -0.05) is 25.5 Å². The SMILES string of the molecule is CCC(C)NC(=O)c1ccc(CNC(=NC)NCC2(CCOC)CCC2)cc1. The van der Waals surface area contributed by atoms with Gasteiger partial charge in [0, 0.05) is 45.5 Å². The predicted molar refractivity (Wildman–Crippen MR) is 115 cm³/mol. The minimum Gasteiger partial charge on any atom is -0.385 e. The summed E-state index contributed by atoms with van der Waals surface area (Å²) in [4.78, 5) is 16.5. The fourth-order valence-corrected chi connectivity index (χ4v) is 3.37. The summed E-state index contributed by atoms with van der Waals surface area (Å²) in [6, 6.07) is 7.90. The molecule has 28 heavy (non-hydrogen) atoms. The third-order valence-corrected chi connectivity index (χ3v) is 5.77. The van der Waals surface area contributed by atoms with Crippen molar-refractivity contribution in [2.24, 2.45) is 10.4 Å². The molecular formula is C22H36N4O2. The first-order chi connectivity index (χ1) is 13.5. The number of hydrogen-bond acceptors (Lipinski definition) is 3. The van der Waals surface area contributed by atoms with E-state index in [2.05, 4.69) is 27.9 Å². The van der Waals surface area contributed by atoms with Gasteiger partial charge in [0.2, 0.25) is 0 Å². The molecule has 0 spiro atoms. The van der Waals surface area contributed by atoms with Gasteiger partial charge in [-0.25, -0.2) is 0 Å². The van der Waals surface area contributed by atoms with Crippen LogP contribution in [0.1, 0.15) is 61.9 Å². The Kier molecular flexibility index (Phi) is 8.77. The van der Waals surface area contributed by atoms with Gasteiger partial charge in [-0.3, -0.25) is 9.79 Å². The van der Waals surface area contributed by atoms with Crippen LogP contribution in [0.4, 0.5) is 0 Å². The number of carbonyl (C=O) groups is 1. The molecule has 0 radical (unpaired) electrons. The van der Waals surface area contributed by atoms with E-state index in [9.17, 15) is 4.79 Å². The van der Waals surface area contributed by atoms with Gasteiger partial charge in [-0.05, 0) is 55.7 Å². The van der Waals surface area contributed by atoms with Gasteiger partial charge < -0.3 is 20.7 Å². The molecular weight excluding hydrogens is 352 g/mol. The van der Waals surface area contributed by atoms with Crippen LogP contribution in [0.3, 0.4) is 0 Å². The fourth-order valence-electron chi connectivity index (χ4n) is 3.37. The van der Waals surface area contributed by atoms with E-state index < -0.39 is 0 Å². The van der Waals surface area contributed by atoms with Crippen LogP contribution in [0.15, 0.2) is 29.3 Å². The highest BCUT2D eigenvalue weighted by Gasteiger charge is 2.36. The molecule has 6 heteroatoms. The first-order valence-electron chi connectivity index (χ1n) is 10.3. The number of benzene rings is 1. The van der Waals surface area contributed by atoms with Crippen LogP contribution in [0.25, 0.3) is 0 Å². The molecule has 0 aliphatic heterocycles. The summed E-state index contributed by atoms with van der Waals surface area (Å²) in [5.41, 5.74) is 2.15. The molecule has 6 nitrogen and oxygen atoms in total. The van der Waals surface area contributed by atoms with Crippen molar-refractivity contribution in [1.82, 2.24) is 16.0 Å². The maximum absolute atomic E-state index is 12.2. The summed E-state index contributed by atoms with van der Waals surface area (Å²) in [5, 5.41) is 9.82. The lowest BCUT2D eigenvalue weighted by atomic mass is 9.67. The van der Waals surface area contributed by atoms with E-state index in [1.54, 1.807) is 14.2 Å². The number of amides is 1. The van der Waals surface area contributed by atoms with Crippen molar-refractivity contribution in [3.8, 4) is 0 Å². The van der Waals surface area contributed by atoms with E-state index >= 15 is 0 Å². The van der Waals surface area contributed by atoms with Crippen LogP contribution < -0.4 is 16.0 Å². The molecule has 1 aliphatic carbocycles. The van der Waals surface area contributed by atoms with Gasteiger partial charge in [0.15, 0.2) is 5.96 Å². The van der Waals surface area contributed by atoms with Gasteiger partial charge >= 0.3 is 0 Å². The Morgan fingerprint density at radius 2 is 1.96 bits per heavy atom. The van der Waals surface area contributed by atoms with Gasteiger partial charge in [-0.15, -0.1) is 0 Å². The second kappa shape index (κ2) is 11.1. The largest absolute Gasteiger partial charge is 0.385 e. The molecule has 1 aromatic rings. The lowest BCUT2D eigenvalue weighted by Crippen LogP contribution is -2.46. The van der Waals surface area contributed by atoms with Crippen molar-refractivity contribution in [2.75, 3.05) is 27.3 Å².